The van der Waals surface area contributed by atoms with Crippen molar-refractivity contribution in [2.45, 2.75) is 20.0 Å². The molecule has 3 aromatic heterocycles. The maximum Gasteiger partial charge on any atom is 0.297 e. The Morgan fingerprint density at radius 2 is 1.89 bits per heavy atom. The number of hydrogen-bond acceptors (Lipinski definition) is 5. The quantitative estimate of drug-likeness (QED) is 0.573. The molecule has 142 valence electrons. The van der Waals surface area contributed by atoms with Crippen molar-refractivity contribution in [3.8, 4) is 0 Å². The highest BCUT2D eigenvalue weighted by molar-refractivity contribution is 5.80. The van der Waals surface area contributed by atoms with Gasteiger partial charge >= 0.3 is 0 Å². The number of aromatic nitrogens is 5. The van der Waals surface area contributed by atoms with Gasteiger partial charge < -0.3 is 5.32 Å². The summed E-state index contributed by atoms with van der Waals surface area (Å²) in [5.74, 6) is -1.46. The third kappa shape index (κ3) is 3.08. The number of hydrogen-bond donors (Lipinski definition) is 1. The van der Waals surface area contributed by atoms with Gasteiger partial charge in [0.2, 0.25) is 11.6 Å². The van der Waals surface area contributed by atoms with Crippen LogP contribution in [0.5, 0.6) is 0 Å². The third-order valence-corrected chi connectivity index (χ3v) is 4.24. The summed E-state index contributed by atoms with van der Waals surface area (Å²) in [5.41, 5.74) is 0.722. The van der Waals surface area contributed by atoms with Gasteiger partial charge in [0.05, 0.1) is 5.52 Å². The van der Waals surface area contributed by atoms with Crippen LogP contribution in [0.15, 0.2) is 41.3 Å². The number of fused-ring (bicyclic) bond motifs is 3. The smallest absolute Gasteiger partial charge is 0.297 e. The number of amides is 1. The van der Waals surface area contributed by atoms with Gasteiger partial charge in [-0.1, -0.05) is 0 Å². The van der Waals surface area contributed by atoms with Gasteiger partial charge in [-0.05, 0) is 36.8 Å². The molecule has 1 aromatic carbocycles. The van der Waals surface area contributed by atoms with Crippen LogP contribution in [0.25, 0.3) is 16.8 Å². The fourth-order valence-corrected chi connectivity index (χ4v) is 3.03. The van der Waals surface area contributed by atoms with Crippen LogP contribution in [0.2, 0.25) is 0 Å². The van der Waals surface area contributed by atoms with Crippen LogP contribution in [0.1, 0.15) is 11.4 Å². The van der Waals surface area contributed by atoms with E-state index >= 15 is 0 Å². The molecule has 0 spiro atoms. The maximum absolute atomic E-state index is 13.3. The van der Waals surface area contributed by atoms with Crippen molar-refractivity contribution in [1.82, 2.24) is 29.5 Å². The molecule has 4 aromatic rings. The summed E-state index contributed by atoms with van der Waals surface area (Å²) in [4.78, 5) is 29.4. The molecule has 0 aliphatic rings. The summed E-state index contributed by atoms with van der Waals surface area (Å²) in [6, 6.07) is 6.31. The van der Waals surface area contributed by atoms with Gasteiger partial charge in [0, 0.05) is 18.8 Å². The van der Waals surface area contributed by atoms with Gasteiger partial charge in [-0.2, -0.15) is 0 Å². The Morgan fingerprint density at radius 3 is 2.64 bits per heavy atom. The van der Waals surface area contributed by atoms with E-state index in [-0.39, 0.29) is 24.3 Å². The van der Waals surface area contributed by atoms with Crippen LogP contribution in [-0.4, -0.2) is 30.1 Å². The van der Waals surface area contributed by atoms with E-state index in [4.69, 9.17) is 0 Å². The highest BCUT2D eigenvalue weighted by Gasteiger charge is 2.17. The van der Waals surface area contributed by atoms with Crippen molar-refractivity contribution in [3.05, 3.63) is 69.9 Å². The van der Waals surface area contributed by atoms with Gasteiger partial charge in [-0.3, -0.25) is 18.6 Å². The lowest BCUT2D eigenvalue weighted by molar-refractivity contribution is -0.121. The molecule has 3 heterocycles. The molecule has 0 unspecified atom stereocenters. The summed E-state index contributed by atoms with van der Waals surface area (Å²) in [6.45, 7) is 1.31. The molecule has 0 bridgehead atoms. The van der Waals surface area contributed by atoms with Crippen molar-refractivity contribution in [2.75, 3.05) is 0 Å². The first kappa shape index (κ1) is 17.7. The molecule has 1 amide bonds. The molecule has 8 nitrogen and oxygen atoms in total. The minimum absolute atomic E-state index is 0.0590. The molecule has 0 saturated heterocycles. The fourth-order valence-electron chi connectivity index (χ4n) is 3.03. The molecular formula is C18H14F2N6O2. The molecular weight excluding hydrogens is 370 g/mol. The van der Waals surface area contributed by atoms with Crippen molar-refractivity contribution in [2.24, 2.45) is 0 Å². The van der Waals surface area contributed by atoms with Crippen LogP contribution in [0.4, 0.5) is 8.78 Å². The molecule has 1 N–H and O–H groups in total. The Labute approximate surface area is 156 Å². The van der Waals surface area contributed by atoms with Gasteiger partial charge in [-0.25, -0.2) is 13.8 Å². The number of nitrogens with one attached hydrogen (secondary N) is 1. The van der Waals surface area contributed by atoms with Crippen LogP contribution in [0.3, 0.4) is 0 Å². The minimum Gasteiger partial charge on any atom is -0.350 e. The van der Waals surface area contributed by atoms with E-state index in [0.29, 0.717) is 17.0 Å². The summed E-state index contributed by atoms with van der Waals surface area (Å²) in [5, 5.41) is 10.3. The minimum atomic E-state index is -0.731. The largest absolute Gasteiger partial charge is 0.350 e. The van der Waals surface area contributed by atoms with Gasteiger partial charge in [-0.15, -0.1) is 10.2 Å². The zero-order valence-electron chi connectivity index (χ0n) is 14.7. The molecule has 4 rings (SSSR count). The molecule has 10 heteroatoms. The number of carbonyl (C=O) groups excluding carboxylic acids is 1. The topological polar surface area (TPSA) is 94.2 Å². The lowest BCUT2D eigenvalue weighted by Crippen LogP contribution is -2.33. The van der Waals surface area contributed by atoms with Gasteiger partial charge in [0.1, 0.15) is 24.0 Å². The van der Waals surface area contributed by atoms with Crippen molar-refractivity contribution in [1.29, 1.82) is 0 Å². The first-order chi connectivity index (χ1) is 13.4. The highest BCUT2D eigenvalue weighted by Crippen LogP contribution is 2.12. The van der Waals surface area contributed by atoms with Crippen molar-refractivity contribution < 1.29 is 13.6 Å². The van der Waals surface area contributed by atoms with Gasteiger partial charge in [0.25, 0.3) is 5.56 Å². The van der Waals surface area contributed by atoms with Gasteiger partial charge in [0.15, 0.2) is 5.65 Å². The Morgan fingerprint density at radius 1 is 1.14 bits per heavy atom. The first-order valence-corrected chi connectivity index (χ1v) is 8.35. The number of benzene rings is 1. The summed E-state index contributed by atoms with van der Waals surface area (Å²) >= 11 is 0. The average Bonchev–Trinajstić information content (AvgIpc) is 3.05. The van der Waals surface area contributed by atoms with Crippen LogP contribution in [-0.2, 0) is 17.9 Å². The summed E-state index contributed by atoms with van der Waals surface area (Å²) in [6.07, 6.45) is 1.56. The lowest BCUT2D eigenvalue weighted by Gasteiger charge is -2.12. The number of carbonyl (C=O) groups is 1. The van der Waals surface area contributed by atoms with E-state index < -0.39 is 23.1 Å². The van der Waals surface area contributed by atoms with E-state index in [1.54, 1.807) is 25.3 Å². The standard InChI is InChI=1S/C18H14F2N6O2/c1-10-23-24-17-18(28)25(14-3-2-4-21-16(14)26(10)17)9-15(27)22-8-11-5-12(19)7-13(20)6-11/h2-7H,8-9H2,1H3,(H,22,27). The predicted molar refractivity (Wildman–Crippen MR) is 95.5 cm³/mol. The molecule has 0 saturated carbocycles. The molecule has 0 radical (unpaired) electrons. The van der Waals surface area contributed by atoms with E-state index in [2.05, 4.69) is 20.5 Å². The monoisotopic (exact) mass is 384 g/mol. The van der Waals surface area contributed by atoms with Crippen molar-refractivity contribution >= 4 is 22.7 Å². The first-order valence-electron chi connectivity index (χ1n) is 8.35. The van der Waals surface area contributed by atoms with E-state index in [1.807, 2.05) is 0 Å². The van der Waals surface area contributed by atoms with Crippen molar-refractivity contribution in [3.63, 3.8) is 0 Å². The molecule has 0 fully saturated rings. The Kier molecular flexibility index (Phi) is 4.30. The number of nitrogens with zero attached hydrogens (tertiary/aromatic N) is 5. The zero-order chi connectivity index (χ0) is 19.8. The predicted octanol–water partition coefficient (Wildman–Crippen LogP) is 1.34. The second kappa shape index (κ2) is 6.80. The van der Waals surface area contributed by atoms with Crippen LogP contribution >= 0.6 is 0 Å². The second-order valence-corrected chi connectivity index (χ2v) is 6.20. The van der Waals surface area contributed by atoms with Crippen LogP contribution in [0, 0.1) is 18.6 Å². The molecule has 0 aliphatic heterocycles. The third-order valence-electron chi connectivity index (χ3n) is 4.24. The number of aryl methyl sites for hydroxylation is 1. The Balaban J connectivity index is 1.66. The van der Waals surface area contributed by atoms with E-state index in [1.165, 1.54) is 8.97 Å². The SMILES string of the molecule is Cc1nnc2c(=O)n(CC(=O)NCc3cc(F)cc(F)c3)c3cccnc3n12. The molecule has 0 atom stereocenters. The highest BCUT2D eigenvalue weighted by atomic mass is 19.1. The second-order valence-electron chi connectivity index (χ2n) is 6.20. The summed E-state index contributed by atoms with van der Waals surface area (Å²) < 4.78 is 29.3. The van der Waals surface area contributed by atoms with E-state index in [9.17, 15) is 18.4 Å². The van der Waals surface area contributed by atoms with Crippen LogP contribution < -0.4 is 10.9 Å². The average molecular weight is 384 g/mol. The number of halogens is 2. The zero-order valence-corrected chi connectivity index (χ0v) is 14.7. The molecule has 28 heavy (non-hydrogen) atoms. The lowest BCUT2D eigenvalue weighted by atomic mass is 10.2. The maximum atomic E-state index is 13.3. The Hall–Kier alpha value is -3.69. The molecule has 0 aliphatic carbocycles. The normalized spacial score (nSPS) is 11.2. The number of pyridine rings is 1. The number of rotatable bonds is 4. The Bertz CT molecular complexity index is 1260. The summed E-state index contributed by atoms with van der Waals surface area (Å²) in [7, 11) is 0. The fraction of sp³-hybridized carbons (Fsp3) is 0.167. The van der Waals surface area contributed by atoms with E-state index in [0.717, 1.165) is 18.2 Å².